The number of ether oxygens (including phenoxy) is 2. The Balaban J connectivity index is 1.72. The van der Waals surface area contributed by atoms with Gasteiger partial charge in [-0.2, -0.15) is 0 Å². The van der Waals surface area contributed by atoms with Crippen LogP contribution in [0.3, 0.4) is 0 Å². The quantitative estimate of drug-likeness (QED) is 0.800. The Morgan fingerprint density at radius 3 is 2.73 bits per heavy atom. The van der Waals surface area contributed by atoms with Gasteiger partial charge in [0, 0.05) is 13.6 Å². The average molecular weight is 423 g/mol. The molecule has 2 aromatic rings. The summed E-state index contributed by atoms with van der Waals surface area (Å²) in [6.45, 7) is 1.89. The number of carbonyl (C=O) groups excluding carboxylic acids is 2. The topological polar surface area (TPSA) is 81.0 Å². The molecule has 26 heavy (non-hydrogen) atoms. The molecule has 1 aromatic carbocycles. The maximum absolute atomic E-state index is 12.6. The highest BCUT2D eigenvalue weighted by molar-refractivity contribution is 9.10. The lowest BCUT2D eigenvalue weighted by atomic mass is 10.1. The number of furan rings is 1. The van der Waals surface area contributed by atoms with Gasteiger partial charge in [-0.25, -0.2) is 0 Å². The third kappa shape index (κ3) is 4.32. The first-order chi connectivity index (χ1) is 12.6. The lowest BCUT2D eigenvalue weighted by Crippen LogP contribution is -2.40. The Bertz CT molecular complexity index is 785. The van der Waals surface area contributed by atoms with Crippen LogP contribution in [0, 0.1) is 0 Å². The van der Waals surface area contributed by atoms with Gasteiger partial charge in [-0.3, -0.25) is 9.59 Å². The van der Waals surface area contributed by atoms with Gasteiger partial charge in [0.05, 0.1) is 37.2 Å². The van der Waals surface area contributed by atoms with Crippen molar-refractivity contribution in [3.63, 3.8) is 0 Å². The van der Waals surface area contributed by atoms with E-state index < -0.39 is 0 Å². The number of benzene rings is 1. The molecule has 2 amide bonds. The molecule has 0 bridgehead atoms. The molecule has 1 saturated heterocycles. The van der Waals surface area contributed by atoms with E-state index in [9.17, 15) is 9.59 Å². The number of hydrogen-bond donors (Lipinski definition) is 1. The number of hydrogen-bond acceptors (Lipinski definition) is 5. The van der Waals surface area contributed by atoms with Gasteiger partial charge in [0.15, 0.2) is 10.4 Å². The van der Waals surface area contributed by atoms with E-state index in [4.69, 9.17) is 13.9 Å². The summed E-state index contributed by atoms with van der Waals surface area (Å²) in [5, 5.41) is 2.83. The van der Waals surface area contributed by atoms with Crippen molar-refractivity contribution in [3.8, 4) is 0 Å². The van der Waals surface area contributed by atoms with E-state index in [-0.39, 0.29) is 23.7 Å². The predicted octanol–water partition coefficient (Wildman–Crippen LogP) is 2.46. The molecule has 8 heteroatoms. The molecule has 0 spiro atoms. The molecule has 3 rings (SSSR count). The molecule has 1 N–H and O–H groups in total. The van der Waals surface area contributed by atoms with Crippen LogP contribution in [0.1, 0.15) is 20.9 Å². The third-order valence-corrected chi connectivity index (χ3v) is 4.40. The van der Waals surface area contributed by atoms with Crippen LogP contribution in [0.2, 0.25) is 0 Å². The van der Waals surface area contributed by atoms with Crippen molar-refractivity contribution in [2.24, 2.45) is 0 Å². The minimum absolute atomic E-state index is 0.167. The second-order valence-electron chi connectivity index (χ2n) is 5.76. The van der Waals surface area contributed by atoms with Gasteiger partial charge >= 0.3 is 0 Å². The van der Waals surface area contributed by atoms with Crippen LogP contribution in [-0.2, 0) is 9.47 Å². The molecule has 1 aliphatic rings. The molecule has 2 heterocycles. The SMILES string of the molecule is CN(C(=O)c1ccc(Br)o1)c1ccccc1C(=O)NC[C@@H]1COCCO1. The second kappa shape index (κ2) is 8.48. The summed E-state index contributed by atoms with van der Waals surface area (Å²) in [5.41, 5.74) is 0.883. The summed E-state index contributed by atoms with van der Waals surface area (Å²) < 4.78 is 16.6. The van der Waals surface area contributed by atoms with Crippen molar-refractivity contribution in [2.45, 2.75) is 6.10 Å². The molecular weight excluding hydrogens is 404 g/mol. The van der Waals surface area contributed by atoms with Crippen molar-refractivity contribution in [1.82, 2.24) is 5.32 Å². The zero-order valence-corrected chi connectivity index (χ0v) is 15.8. The lowest BCUT2D eigenvalue weighted by molar-refractivity contribution is -0.0855. The van der Waals surface area contributed by atoms with Crippen LogP contribution in [0.15, 0.2) is 45.5 Å². The summed E-state index contributed by atoms with van der Waals surface area (Å²) in [4.78, 5) is 26.6. The molecular formula is C18H19BrN2O5. The highest BCUT2D eigenvalue weighted by atomic mass is 79.9. The Hall–Kier alpha value is -2.16. The van der Waals surface area contributed by atoms with Gasteiger partial charge < -0.3 is 24.1 Å². The highest BCUT2D eigenvalue weighted by Gasteiger charge is 2.22. The molecule has 1 atom stereocenters. The average Bonchev–Trinajstić information content (AvgIpc) is 3.12. The van der Waals surface area contributed by atoms with Crippen LogP contribution < -0.4 is 10.2 Å². The first-order valence-electron chi connectivity index (χ1n) is 8.16. The smallest absolute Gasteiger partial charge is 0.293 e. The van der Waals surface area contributed by atoms with Crippen molar-refractivity contribution >= 4 is 33.4 Å². The van der Waals surface area contributed by atoms with E-state index in [2.05, 4.69) is 21.2 Å². The number of nitrogens with one attached hydrogen (secondary N) is 1. The molecule has 1 aromatic heterocycles. The summed E-state index contributed by atoms with van der Waals surface area (Å²) in [6.07, 6.45) is -0.167. The number of rotatable bonds is 5. The van der Waals surface area contributed by atoms with Gasteiger partial charge in [-0.1, -0.05) is 12.1 Å². The summed E-state index contributed by atoms with van der Waals surface area (Å²) in [5.74, 6) is -0.447. The van der Waals surface area contributed by atoms with Gasteiger partial charge in [0.1, 0.15) is 0 Å². The fourth-order valence-electron chi connectivity index (χ4n) is 2.62. The summed E-state index contributed by atoms with van der Waals surface area (Å²) in [7, 11) is 1.60. The highest BCUT2D eigenvalue weighted by Crippen LogP contribution is 2.23. The summed E-state index contributed by atoms with van der Waals surface area (Å²) in [6, 6.07) is 10.1. The van der Waals surface area contributed by atoms with Crippen LogP contribution in [0.25, 0.3) is 0 Å². The van der Waals surface area contributed by atoms with Gasteiger partial charge in [-0.15, -0.1) is 0 Å². The number of carbonyl (C=O) groups is 2. The van der Waals surface area contributed by atoms with E-state index in [0.717, 1.165) is 0 Å². The van der Waals surface area contributed by atoms with Crippen LogP contribution in [0.5, 0.6) is 0 Å². The zero-order chi connectivity index (χ0) is 18.5. The normalized spacial score (nSPS) is 16.9. The minimum atomic E-state index is -0.347. The van der Waals surface area contributed by atoms with E-state index in [1.54, 1.807) is 43.4 Å². The fourth-order valence-corrected chi connectivity index (χ4v) is 2.92. The first-order valence-corrected chi connectivity index (χ1v) is 8.95. The van der Waals surface area contributed by atoms with Crippen molar-refractivity contribution in [3.05, 3.63) is 52.4 Å². The number of amides is 2. The molecule has 7 nitrogen and oxygen atoms in total. The molecule has 0 aliphatic carbocycles. The Labute approximate surface area is 159 Å². The molecule has 0 saturated carbocycles. The largest absolute Gasteiger partial charge is 0.444 e. The van der Waals surface area contributed by atoms with Gasteiger partial charge in [0.2, 0.25) is 0 Å². The maximum atomic E-state index is 12.6. The Morgan fingerprint density at radius 1 is 1.23 bits per heavy atom. The van der Waals surface area contributed by atoms with Crippen LogP contribution in [-0.4, -0.2) is 51.3 Å². The molecule has 0 unspecified atom stereocenters. The molecule has 1 fully saturated rings. The van der Waals surface area contributed by atoms with Gasteiger partial charge in [0.25, 0.3) is 11.8 Å². The van der Waals surface area contributed by atoms with E-state index in [1.807, 2.05) is 0 Å². The number of halogens is 1. The van der Waals surface area contributed by atoms with Crippen LogP contribution >= 0.6 is 15.9 Å². The predicted molar refractivity (Wildman–Crippen MR) is 98.5 cm³/mol. The molecule has 0 radical (unpaired) electrons. The minimum Gasteiger partial charge on any atom is -0.444 e. The van der Waals surface area contributed by atoms with E-state index in [0.29, 0.717) is 42.3 Å². The zero-order valence-electron chi connectivity index (χ0n) is 14.2. The number of anilines is 1. The summed E-state index contributed by atoms with van der Waals surface area (Å²) >= 11 is 3.18. The standard InChI is InChI=1S/C18H19BrN2O5/c1-21(18(23)15-6-7-16(19)26-15)14-5-3-2-4-13(14)17(22)20-10-12-11-24-8-9-25-12/h2-7,12H,8-11H2,1H3,(H,20,22)/t12-/m1/s1. The van der Waals surface area contributed by atoms with E-state index >= 15 is 0 Å². The lowest BCUT2D eigenvalue weighted by Gasteiger charge is -2.24. The maximum Gasteiger partial charge on any atom is 0.293 e. The van der Waals surface area contributed by atoms with Gasteiger partial charge in [-0.05, 0) is 40.2 Å². The van der Waals surface area contributed by atoms with Crippen molar-refractivity contribution < 1.29 is 23.5 Å². The van der Waals surface area contributed by atoms with Crippen LogP contribution in [0.4, 0.5) is 5.69 Å². The van der Waals surface area contributed by atoms with Crippen molar-refractivity contribution in [2.75, 3.05) is 38.3 Å². The Morgan fingerprint density at radius 2 is 2.04 bits per heavy atom. The van der Waals surface area contributed by atoms with E-state index in [1.165, 1.54) is 4.90 Å². The Kier molecular flexibility index (Phi) is 6.08. The molecule has 138 valence electrons. The third-order valence-electron chi connectivity index (χ3n) is 3.97. The monoisotopic (exact) mass is 422 g/mol. The second-order valence-corrected chi connectivity index (χ2v) is 6.54. The van der Waals surface area contributed by atoms with Crippen molar-refractivity contribution in [1.29, 1.82) is 0 Å². The fraction of sp³-hybridized carbons (Fsp3) is 0.333. The molecule has 1 aliphatic heterocycles. The number of nitrogens with zero attached hydrogens (tertiary/aromatic N) is 1. The first kappa shape index (κ1) is 18.6. The number of para-hydroxylation sites is 1.